The van der Waals surface area contributed by atoms with Crippen molar-refractivity contribution < 1.29 is 9.53 Å². The van der Waals surface area contributed by atoms with E-state index < -0.39 is 0 Å². The number of ether oxygens (including phenoxy) is 1. The van der Waals surface area contributed by atoms with Crippen LogP contribution in [0, 0.1) is 0 Å². The fourth-order valence-corrected chi connectivity index (χ4v) is 4.33. The molecule has 1 aliphatic carbocycles. The summed E-state index contributed by atoms with van der Waals surface area (Å²) in [5.41, 5.74) is 1.89. The van der Waals surface area contributed by atoms with Crippen LogP contribution in [0.3, 0.4) is 0 Å². The van der Waals surface area contributed by atoms with Gasteiger partial charge >= 0.3 is 0 Å². The van der Waals surface area contributed by atoms with Gasteiger partial charge in [0.25, 0.3) is 0 Å². The van der Waals surface area contributed by atoms with E-state index in [2.05, 4.69) is 15.5 Å². The highest BCUT2D eigenvalue weighted by Gasteiger charge is 2.20. The maximum atomic E-state index is 12.4. The number of rotatable bonds is 7. The first-order valence-corrected chi connectivity index (χ1v) is 10.8. The Balaban J connectivity index is 1.58. The molecule has 1 amide bonds. The minimum absolute atomic E-state index is 0.0514. The summed E-state index contributed by atoms with van der Waals surface area (Å²) < 4.78 is 7.25. The van der Waals surface area contributed by atoms with Crippen LogP contribution in [0.15, 0.2) is 59.8 Å². The van der Waals surface area contributed by atoms with Gasteiger partial charge in [-0.05, 0) is 49.2 Å². The number of nitrogens with zero attached hydrogens (tertiary/aromatic N) is 3. The molecule has 7 heteroatoms. The Kier molecular flexibility index (Phi) is 6.14. The molecule has 150 valence electrons. The number of hydrogen-bond acceptors (Lipinski definition) is 5. The summed E-state index contributed by atoms with van der Waals surface area (Å²) in [6, 6.07) is 18.0. The predicted octanol–water partition coefficient (Wildman–Crippen LogP) is 4.09. The third kappa shape index (κ3) is 4.62. The van der Waals surface area contributed by atoms with Crippen molar-refractivity contribution in [3.8, 4) is 22.8 Å². The van der Waals surface area contributed by atoms with Gasteiger partial charge in [0.15, 0.2) is 11.0 Å². The van der Waals surface area contributed by atoms with Crippen molar-refractivity contribution >= 4 is 17.7 Å². The van der Waals surface area contributed by atoms with Gasteiger partial charge in [-0.3, -0.25) is 9.36 Å². The lowest BCUT2D eigenvalue weighted by atomic mass is 10.2. The van der Waals surface area contributed by atoms with Crippen LogP contribution in [0.4, 0.5) is 0 Å². The van der Waals surface area contributed by atoms with E-state index in [1.165, 1.54) is 24.6 Å². The quantitative estimate of drug-likeness (QED) is 0.596. The second-order valence-electron chi connectivity index (χ2n) is 7.04. The van der Waals surface area contributed by atoms with E-state index >= 15 is 0 Å². The molecular weight excluding hydrogens is 384 g/mol. The molecule has 0 unspecified atom stereocenters. The molecule has 0 atom stereocenters. The number of carbonyl (C=O) groups is 1. The van der Waals surface area contributed by atoms with Gasteiger partial charge in [-0.2, -0.15) is 0 Å². The summed E-state index contributed by atoms with van der Waals surface area (Å²) >= 11 is 1.41. The monoisotopic (exact) mass is 408 g/mol. The Hall–Kier alpha value is -2.80. The third-order valence-corrected chi connectivity index (χ3v) is 5.98. The zero-order valence-electron chi connectivity index (χ0n) is 16.4. The fraction of sp³-hybridized carbons (Fsp3) is 0.318. The molecule has 0 aliphatic heterocycles. The maximum Gasteiger partial charge on any atom is 0.230 e. The van der Waals surface area contributed by atoms with Crippen molar-refractivity contribution in [3.05, 3.63) is 54.6 Å². The van der Waals surface area contributed by atoms with E-state index in [0.29, 0.717) is 17.0 Å². The van der Waals surface area contributed by atoms with Crippen molar-refractivity contribution in [1.29, 1.82) is 0 Å². The molecule has 1 heterocycles. The summed E-state index contributed by atoms with van der Waals surface area (Å²) in [6.07, 6.45) is 4.56. The van der Waals surface area contributed by atoms with E-state index in [4.69, 9.17) is 4.74 Å². The minimum Gasteiger partial charge on any atom is -0.497 e. The van der Waals surface area contributed by atoms with Gasteiger partial charge < -0.3 is 10.1 Å². The van der Waals surface area contributed by atoms with E-state index in [9.17, 15) is 4.79 Å². The van der Waals surface area contributed by atoms with Crippen LogP contribution in [0.2, 0.25) is 0 Å². The topological polar surface area (TPSA) is 69.0 Å². The van der Waals surface area contributed by atoms with E-state index in [-0.39, 0.29) is 5.91 Å². The van der Waals surface area contributed by atoms with E-state index in [1.807, 2.05) is 59.2 Å². The van der Waals surface area contributed by atoms with Gasteiger partial charge in [-0.25, -0.2) is 0 Å². The number of nitrogens with one attached hydrogen (secondary N) is 1. The van der Waals surface area contributed by atoms with Crippen LogP contribution < -0.4 is 10.1 Å². The molecule has 0 spiro atoms. The normalized spacial score (nSPS) is 14.1. The lowest BCUT2D eigenvalue weighted by molar-refractivity contribution is -0.119. The number of aromatic nitrogens is 3. The van der Waals surface area contributed by atoms with Crippen LogP contribution in [0.1, 0.15) is 25.7 Å². The summed E-state index contributed by atoms with van der Waals surface area (Å²) in [4.78, 5) is 12.4. The lowest BCUT2D eigenvalue weighted by Crippen LogP contribution is -2.33. The zero-order valence-corrected chi connectivity index (χ0v) is 17.2. The molecule has 1 saturated carbocycles. The van der Waals surface area contributed by atoms with Crippen LogP contribution in [0.5, 0.6) is 5.75 Å². The molecular formula is C22H24N4O2S. The number of benzene rings is 2. The highest BCUT2D eigenvalue weighted by atomic mass is 32.2. The smallest absolute Gasteiger partial charge is 0.230 e. The SMILES string of the molecule is COc1ccc(-c2nnc(SCC(=O)NC3CCCC3)n2-c2ccccc2)cc1. The molecule has 1 N–H and O–H groups in total. The molecule has 29 heavy (non-hydrogen) atoms. The number of carbonyl (C=O) groups excluding carboxylic acids is 1. The Morgan fingerprint density at radius 1 is 1.10 bits per heavy atom. The average Bonchev–Trinajstić information content (AvgIpc) is 3.43. The number of amides is 1. The largest absolute Gasteiger partial charge is 0.497 e. The van der Waals surface area contributed by atoms with Crippen molar-refractivity contribution in [2.75, 3.05) is 12.9 Å². The van der Waals surface area contributed by atoms with Gasteiger partial charge in [0.2, 0.25) is 5.91 Å². The second-order valence-corrected chi connectivity index (χ2v) is 7.99. The fourth-order valence-electron chi connectivity index (χ4n) is 3.57. The number of thioether (sulfide) groups is 1. The van der Waals surface area contributed by atoms with Crippen LogP contribution in [-0.2, 0) is 4.79 Å². The number of hydrogen-bond donors (Lipinski definition) is 1. The van der Waals surface area contributed by atoms with Gasteiger partial charge in [0.1, 0.15) is 5.75 Å². The van der Waals surface area contributed by atoms with Gasteiger partial charge in [0, 0.05) is 17.3 Å². The predicted molar refractivity (Wildman–Crippen MR) is 114 cm³/mol. The van der Waals surface area contributed by atoms with Gasteiger partial charge in [-0.1, -0.05) is 42.8 Å². The molecule has 0 bridgehead atoms. The highest BCUT2D eigenvalue weighted by molar-refractivity contribution is 7.99. The molecule has 1 aromatic heterocycles. The highest BCUT2D eigenvalue weighted by Crippen LogP contribution is 2.29. The minimum atomic E-state index is 0.0514. The van der Waals surface area contributed by atoms with E-state index in [1.54, 1.807) is 7.11 Å². The van der Waals surface area contributed by atoms with Crippen molar-refractivity contribution in [2.45, 2.75) is 36.9 Å². The maximum absolute atomic E-state index is 12.4. The van der Waals surface area contributed by atoms with E-state index in [0.717, 1.165) is 35.7 Å². The molecule has 2 aromatic carbocycles. The molecule has 0 radical (unpaired) electrons. The summed E-state index contributed by atoms with van der Waals surface area (Å²) in [6.45, 7) is 0. The van der Waals surface area contributed by atoms with Gasteiger partial charge in [-0.15, -0.1) is 10.2 Å². The Morgan fingerprint density at radius 2 is 1.83 bits per heavy atom. The third-order valence-electron chi connectivity index (χ3n) is 5.05. The first-order chi connectivity index (χ1) is 14.2. The van der Waals surface area contributed by atoms with Crippen LogP contribution in [-0.4, -0.2) is 39.6 Å². The molecule has 1 fully saturated rings. The summed E-state index contributed by atoms with van der Waals surface area (Å²) in [5, 5.41) is 12.6. The van der Waals surface area contributed by atoms with Crippen LogP contribution in [0.25, 0.3) is 17.1 Å². The average molecular weight is 409 g/mol. The Morgan fingerprint density at radius 3 is 2.52 bits per heavy atom. The van der Waals surface area contributed by atoms with Crippen molar-refractivity contribution in [2.24, 2.45) is 0 Å². The second kappa shape index (κ2) is 9.13. The summed E-state index contributed by atoms with van der Waals surface area (Å²) in [7, 11) is 1.65. The molecule has 3 aromatic rings. The van der Waals surface area contributed by atoms with Gasteiger partial charge in [0.05, 0.1) is 12.9 Å². The first-order valence-electron chi connectivity index (χ1n) is 9.82. The Labute approximate surface area is 174 Å². The van der Waals surface area contributed by atoms with Crippen molar-refractivity contribution in [1.82, 2.24) is 20.1 Å². The molecule has 1 aliphatic rings. The zero-order chi connectivity index (χ0) is 20.1. The number of methoxy groups -OCH3 is 1. The lowest BCUT2D eigenvalue weighted by Gasteiger charge is -2.12. The first kappa shape index (κ1) is 19.5. The molecule has 6 nitrogen and oxygen atoms in total. The summed E-state index contributed by atoms with van der Waals surface area (Å²) in [5.74, 6) is 1.90. The van der Waals surface area contributed by atoms with Crippen LogP contribution >= 0.6 is 11.8 Å². The number of para-hydroxylation sites is 1. The standard InChI is InChI=1S/C22H24N4O2S/c1-28-19-13-11-16(12-14-19)21-24-25-22(26(21)18-9-3-2-4-10-18)29-15-20(27)23-17-7-5-6-8-17/h2-4,9-14,17H,5-8,15H2,1H3,(H,23,27). The molecule has 0 saturated heterocycles. The molecule has 4 rings (SSSR count). The van der Waals surface area contributed by atoms with Crippen molar-refractivity contribution in [3.63, 3.8) is 0 Å². The Bertz CT molecular complexity index is 951.